The van der Waals surface area contributed by atoms with Crippen molar-refractivity contribution in [2.75, 3.05) is 0 Å². The third-order valence-electron chi connectivity index (χ3n) is 3.02. The van der Waals surface area contributed by atoms with Gasteiger partial charge in [-0.1, -0.05) is 12.2 Å². The Balaban J connectivity index is 2.13. The van der Waals surface area contributed by atoms with E-state index in [1.54, 1.807) is 6.20 Å². The summed E-state index contributed by atoms with van der Waals surface area (Å²) in [5, 5.41) is 10.3. The molecule has 1 aliphatic carbocycles. The number of aliphatic hydroxyl groups is 1. The summed E-state index contributed by atoms with van der Waals surface area (Å²) in [5.74, 6) is 0.978. The molecule has 0 bridgehead atoms. The molecule has 0 amide bonds. The second-order valence-corrected chi connectivity index (χ2v) is 4.20. The molecule has 0 saturated heterocycles. The molecule has 1 aromatic heterocycles. The van der Waals surface area contributed by atoms with Gasteiger partial charge in [-0.15, -0.1) is 0 Å². The van der Waals surface area contributed by atoms with E-state index in [1.165, 1.54) is 0 Å². The highest BCUT2D eigenvalue weighted by Crippen LogP contribution is 2.25. The van der Waals surface area contributed by atoms with Gasteiger partial charge in [0.25, 0.3) is 0 Å². The molecule has 1 atom stereocenters. The van der Waals surface area contributed by atoms with Crippen molar-refractivity contribution >= 4 is 0 Å². The van der Waals surface area contributed by atoms with Crippen LogP contribution in [0.2, 0.25) is 0 Å². The third-order valence-corrected chi connectivity index (χ3v) is 3.02. The fraction of sp³-hybridized carbons (Fsp3) is 0.583. The molecule has 0 saturated carbocycles. The van der Waals surface area contributed by atoms with E-state index in [-0.39, 0.29) is 0 Å². The topological polar surface area (TPSA) is 38.0 Å². The predicted molar refractivity (Wildman–Crippen MR) is 59.5 cm³/mol. The Bertz CT molecular complexity index is 356. The lowest BCUT2D eigenvalue weighted by Crippen LogP contribution is -2.31. The lowest BCUT2D eigenvalue weighted by Gasteiger charge is -2.27. The second-order valence-electron chi connectivity index (χ2n) is 4.20. The van der Waals surface area contributed by atoms with E-state index < -0.39 is 5.60 Å². The Hall–Kier alpha value is -1.09. The summed E-state index contributed by atoms with van der Waals surface area (Å²) in [5.41, 5.74) is -0.670. The maximum absolute atomic E-state index is 10.3. The SMILES string of the molecule is CCn1ccnc1CC1(O)C=CCCC1. The van der Waals surface area contributed by atoms with Crippen molar-refractivity contribution in [3.63, 3.8) is 0 Å². The van der Waals surface area contributed by atoms with Gasteiger partial charge in [0.1, 0.15) is 5.82 Å². The number of hydrogen-bond acceptors (Lipinski definition) is 2. The van der Waals surface area contributed by atoms with Crippen molar-refractivity contribution in [2.45, 2.75) is 44.8 Å². The minimum absolute atomic E-state index is 0.629. The van der Waals surface area contributed by atoms with E-state index in [9.17, 15) is 5.11 Å². The summed E-state index contributed by atoms with van der Waals surface area (Å²) in [6.45, 7) is 3.00. The Morgan fingerprint density at radius 2 is 2.47 bits per heavy atom. The Morgan fingerprint density at radius 3 is 3.13 bits per heavy atom. The highest BCUT2D eigenvalue weighted by molar-refractivity contribution is 5.10. The van der Waals surface area contributed by atoms with Gasteiger partial charge in [-0.25, -0.2) is 4.98 Å². The molecular formula is C12H18N2O. The maximum atomic E-state index is 10.3. The van der Waals surface area contributed by atoms with E-state index >= 15 is 0 Å². The number of nitrogens with zero attached hydrogens (tertiary/aromatic N) is 2. The number of rotatable bonds is 3. The number of imidazole rings is 1. The summed E-state index contributed by atoms with van der Waals surface area (Å²) in [7, 11) is 0. The lowest BCUT2D eigenvalue weighted by atomic mass is 9.88. The van der Waals surface area contributed by atoms with Crippen LogP contribution in [0.25, 0.3) is 0 Å². The van der Waals surface area contributed by atoms with Crippen LogP contribution >= 0.6 is 0 Å². The van der Waals surface area contributed by atoms with Gasteiger partial charge < -0.3 is 9.67 Å². The fourth-order valence-electron chi connectivity index (χ4n) is 2.13. The molecule has 3 heteroatoms. The van der Waals surface area contributed by atoms with Crippen LogP contribution in [0.4, 0.5) is 0 Å². The van der Waals surface area contributed by atoms with E-state index in [4.69, 9.17) is 0 Å². The second kappa shape index (κ2) is 4.19. The first-order valence-corrected chi connectivity index (χ1v) is 5.63. The molecule has 0 aliphatic heterocycles. The first-order valence-electron chi connectivity index (χ1n) is 5.63. The zero-order chi connectivity index (χ0) is 10.7. The summed E-state index contributed by atoms with van der Waals surface area (Å²) in [6.07, 6.45) is 11.4. The standard InChI is InChI=1S/C12H18N2O/c1-2-14-9-8-13-11(14)10-12(15)6-4-3-5-7-12/h4,6,8-9,15H,2-3,5,7,10H2,1H3. The quantitative estimate of drug-likeness (QED) is 0.767. The van der Waals surface area contributed by atoms with Gasteiger partial charge in [-0.2, -0.15) is 0 Å². The predicted octanol–water partition coefficient (Wildman–Crippen LogP) is 1.92. The van der Waals surface area contributed by atoms with E-state index in [0.29, 0.717) is 6.42 Å². The molecule has 15 heavy (non-hydrogen) atoms. The van der Waals surface area contributed by atoms with E-state index in [2.05, 4.69) is 22.6 Å². The Kier molecular flexibility index (Phi) is 2.91. The number of aromatic nitrogens is 2. The summed E-state index contributed by atoms with van der Waals surface area (Å²) < 4.78 is 2.08. The van der Waals surface area contributed by atoms with Gasteiger partial charge in [-0.3, -0.25) is 0 Å². The molecule has 1 heterocycles. The van der Waals surface area contributed by atoms with E-state index in [1.807, 2.05) is 12.3 Å². The van der Waals surface area contributed by atoms with Crippen LogP contribution < -0.4 is 0 Å². The Morgan fingerprint density at radius 1 is 1.60 bits per heavy atom. The van der Waals surface area contributed by atoms with Crippen LogP contribution in [0.1, 0.15) is 32.0 Å². The molecule has 1 aliphatic rings. The first kappa shape index (κ1) is 10.4. The zero-order valence-electron chi connectivity index (χ0n) is 9.19. The van der Waals surface area contributed by atoms with Crippen LogP contribution in [0, 0.1) is 0 Å². The van der Waals surface area contributed by atoms with Crippen LogP contribution in [0.5, 0.6) is 0 Å². The molecule has 82 valence electrons. The van der Waals surface area contributed by atoms with Crippen molar-refractivity contribution in [3.8, 4) is 0 Å². The minimum Gasteiger partial charge on any atom is -0.385 e. The molecular weight excluding hydrogens is 188 g/mol. The van der Waals surface area contributed by atoms with Crippen molar-refractivity contribution in [3.05, 3.63) is 30.4 Å². The highest BCUT2D eigenvalue weighted by atomic mass is 16.3. The lowest BCUT2D eigenvalue weighted by molar-refractivity contribution is 0.0722. The average Bonchev–Trinajstić information content (AvgIpc) is 2.65. The van der Waals surface area contributed by atoms with E-state index in [0.717, 1.165) is 31.6 Å². The highest BCUT2D eigenvalue weighted by Gasteiger charge is 2.27. The first-order chi connectivity index (χ1) is 7.23. The summed E-state index contributed by atoms with van der Waals surface area (Å²) >= 11 is 0. The molecule has 2 rings (SSSR count). The number of aryl methyl sites for hydroxylation is 1. The Labute approximate surface area is 90.5 Å². The summed E-state index contributed by atoms with van der Waals surface area (Å²) in [6, 6.07) is 0. The van der Waals surface area contributed by atoms with Crippen LogP contribution in [-0.2, 0) is 13.0 Å². The van der Waals surface area contributed by atoms with Gasteiger partial charge in [0.15, 0.2) is 0 Å². The van der Waals surface area contributed by atoms with Crippen LogP contribution in [0.15, 0.2) is 24.5 Å². The summed E-state index contributed by atoms with van der Waals surface area (Å²) in [4.78, 5) is 4.30. The van der Waals surface area contributed by atoms with Crippen LogP contribution in [0.3, 0.4) is 0 Å². The number of hydrogen-bond donors (Lipinski definition) is 1. The smallest absolute Gasteiger partial charge is 0.111 e. The molecule has 0 spiro atoms. The van der Waals surface area contributed by atoms with Gasteiger partial charge in [0.05, 0.1) is 5.60 Å². The maximum Gasteiger partial charge on any atom is 0.111 e. The fourth-order valence-corrected chi connectivity index (χ4v) is 2.13. The largest absolute Gasteiger partial charge is 0.385 e. The van der Waals surface area contributed by atoms with Gasteiger partial charge in [0, 0.05) is 25.4 Å². The zero-order valence-corrected chi connectivity index (χ0v) is 9.19. The molecule has 0 aromatic carbocycles. The minimum atomic E-state index is -0.670. The molecule has 1 N–H and O–H groups in total. The molecule has 3 nitrogen and oxygen atoms in total. The normalized spacial score (nSPS) is 25.7. The van der Waals surface area contributed by atoms with Crippen molar-refractivity contribution in [1.29, 1.82) is 0 Å². The van der Waals surface area contributed by atoms with Gasteiger partial charge >= 0.3 is 0 Å². The molecule has 0 fully saturated rings. The van der Waals surface area contributed by atoms with Crippen molar-refractivity contribution in [1.82, 2.24) is 9.55 Å². The van der Waals surface area contributed by atoms with Gasteiger partial charge in [0.2, 0.25) is 0 Å². The number of allylic oxidation sites excluding steroid dienone is 1. The van der Waals surface area contributed by atoms with Crippen molar-refractivity contribution in [2.24, 2.45) is 0 Å². The molecule has 1 unspecified atom stereocenters. The van der Waals surface area contributed by atoms with Crippen LogP contribution in [-0.4, -0.2) is 20.3 Å². The monoisotopic (exact) mass is 206 g/mol. The van der Waals surface area contributed by atoms with Gasteiger partial charge in [-0.05, 0) is 26.2 Å². The molecule has 1 aromatic rings. The third kappa shape index (κ3) is 2.29. The average molecular weight is 206 g/mol. The van der Waals surface area contributed by atoms with Crippen molar-refractivity contribution < 1.29 is 5.11 Å². The molecule has 0 radical (unpaired) electrons.